The van der Waals surface area contributed by atoms with Crippen molar-refractivity contribution in [3.05, 3.63) is 52.0 Å². The number of nitrogens with one attached hydrogen (secondary N) is 1. The van der Waals surface area contributed by atoms with Gasteiger partial charge in [0.15, 0.2) is 11.5 Å². The van der Waals surface area contributed by atoms with Gasteiger partial charge in [-0.1, -0.05) is 18.2 Å². The Bertz CT molecular complexity index is 645. The van der Waals surface area contributed by atoms with Crippen LogP contribution in [0.5, 0.6) is 11.5 Å². The van der Waals surface area contributed by atoms with Crippen LogP contribution in [0.2, 0.25) is 0 Å². The summed E-state index contributed by atoms with van der Waals surface area (Å²) >= 11 is 3.51. The monoisotopic (exact) mass is 349 g/mol. The quantitative estimate of drug-likeness (QED) is 0.888. The number of aliphatic hydroxyl groups excluding tert-OH is 1. The molecule has 0 fully saturated rings. The van der Waals surface area contributed by atoms with Gasteiger partial charge in [0.25, 0.3) is 0 Å². The van der Waals surface area contributed by atoms with Gasteiger partial charge in [0, 0.05) is 17.8 Å². The summed E-state index contributed by atoms with van der Waals surface area (Å²) < 4.78 is 12.1. The second-order valence-electron chi connectivity index (χ2n) is 4.77. The highest BCUT2D eigenvalue weighted by Gasteiger charge is 2.16. The minimum Gasteiger partial charge on any atom is -0.486 e. The molecule has 3 rings (SSSR count). The lowest BCUT2D eigenvalue weighted by Crippen LogP contribution is -2.16. The third kappa shape index (κ3) is 3.14. The first kappa shape index (κ1) is 14.2. The molecule has 0 saturated heterocycles. The number of halogens is 1. The van der Waals surface area contributed by atoms with E-state index in [0.717, 1.165) is 32.8 Å². The van der Waals surface area contributed by atoms with E-state index in [2.05, 4.69) is 21.2 Å². The third-order valence-electron chi connectivity index (χ3n) is 3.33. The van der Waals surface area contributed by atoms with Crippen LogP contribution in [0.3, 0.4) is 0 Å². The number of rotatable bonds is 4. The Balaban J connectivity index is 1.78. The molecule has 0 aromatic heterocycles. The minimum atomic E-state index is 0.0218. The molecule has 2 aromatic rings. The first-order valence-electron chi connectivity index (χ1n) is 6.78. The van der Waals surface area contributed by atoms with Crippen LogP contribution in [0.25, 0.3) is 0 Å². The average molecular weight is 350 g/mol. The highest BCUT2D eigenvalue weighted by atomic mass is 79.9. The van der Waals surface area contributed by atoms with Gasteiger partial charge in [-0.3, -0.25) is 0 Å². The van der Waals surface area contributed by atoms with E-state index in [4.69, 9.17) is 9.47 Å². The van der Waals surface area contributed by atoms with E-state index in [1.807, 2.05) is 36.4 Å². The topological polar surface area (TPSA) is 50.7 Å². The van der Waals surface area contributed by atoms with Gasteiger partial charge in [-0.2, -0.15) is 0 Å². The fraction of sp³-hybridized carbons (Fsp3) is 0.250. The lowest BCUT2D eigenvalue weighted by Gasteiger charge is -2.20. The van der Waals surface area contributed by atoms with E-state index >= 15 is 0 Å². The summed E-state index contributed by atoms with van der Waals surface area (Å²) in [6, 6.07) is 11.7. The Morgan fingerprint density at radius 3 is 2.81 bits per heavy atom. The second-order valence-corrected chi connectivity index (χ2v) is 5.62. The van der Waals surface area contributed by atoms with Gasteiger partial charge in [0.2, 0.25) is 0 Å². The first-order chi connectivity index (χ1) is 10.3. The van der Waals surface area contributed by atoms with Crippen molar-refractivity contribution in [3.63, 3.8) is 0 Å². The third-order valence-corrected chi connectivity index (χ3v) is 3.92. The van der Waals surface area contributed by atoms with Gasteiger partial charge in [-0.25, -0.2) is 0 Å². The van der Waals surface area contributed by atoms with Gasteiger partial charge in [-0.05, 0) is 39.7 Å². The van der Waals surface area contributed by atoms with Crippen LogP contribution in [0, 0.1) is 0 Å². The highest BCUT2D eigenvalue weighted by molar-refractivity contribution is 9.10. The van der Waals surface area contributed by atoms with E-state index in [1.165, 1.54) is 0 Å². The van der Waals surface area contributed by atoms with Gasteiger partial charge in [0.1, 0.15) is 13.2 Å². The molecule has 1 aliphatic rings. The molecular weight excluding hydrogens is 334 g/mol. The summed E-state index contributed by atoms with van der Waals surface area (Å²) in [7, 11) is 0. The molecule has 2 N–H and O–H groups in total. The fourth-order valence-electron chi connectivity index (χ4n) is 2.29. The van der Waals surface area contributed by atoms with Crippen LogP contribution in [-0.4, -0.2) is 18.3 Å². The molecule has 1 aliphatic heterocycles. The predicted octanol–water partition coefficient (Wildman–Crippen LogP) is 3.32. The number of aliphatic hydroxyl groups is 1. The van der Waals surface area contributed by atoms with Crippen molar-refractivity contribution in [2.24, 2.45) is 0 Å². The summed E-state index contributed by atoms with van der Waals surface area (Å²) in [5, 5.41) is 12.7. The highest BCUT2D eigenvalue weighted by Crippen LogP contribution is 2.38. The maximum absolute atomic E-state index is 9.33. The van der Waals surface area contributed by atoms with E-state index in [1.54, 1.807) is 0 Å². The first-order valence-corrected chi connectivity index (χ1v) is 7.58. The van der Waals surface area contributed by atoms with Crippen molar-refractivity contribution in [3.8, 4) is 11.5 Å². The Morgan fingerprint density at radius 2 is 1.95 bits per heavy atom. The maximum Gasteiger partial charge on any atom is 0.175 e. The van der Waals surface area contributed by atoms with Gasteiger partial charge in [-0.15, -0.1) is 0 Å². The molecule has 1 heterocycles. The number of para-hydroxylation sites is 1. The number of hydrogen-bond donors (Lipinski definition) is 2. The molecule has 0 spiro atoms. The van der Waals surface area contributed by atoms with Crippen molar-refractivity contribution < 1.29 is 14.6 Å². The summed E-state index contributed by atoms with van der Waals surface area (Å²) in [4.78, 5) is 0. The van der Waals surface area contributed by atoms with Gasteiger partial charge >= 0.3 is 0 Å². The number of fused-ring (bicyclic) bond motifs is 1. The van der Waals surface area contributed by atoms with E-state index in [0.29, 0.717) is 19.8 Å². The molecule has 110 valence electrons. The Kier molecular flexibility index (Phi) is 4.31. The largest absolute Gasteiger partial charge is 0.486 e. The van der Waals surface area contributed by atoms with Crippen molar-refractivity contribution in [1.82, 2.24) is 0 Å². The van der Waals surface area contributed by atoms with Crippen LogP contribution in [0.1, 0.15) is 11.1 Å². The second kappa shape index (κ2) is 6.37. The van der Waals surface area contributed by atoms with E-state index in [-0.39, 0.29) is 6.61 Å². The molecule has 4 nitrogen and oxygen atoms in total. The predicted molar refractivity (Wildman–Crippen MR) is 84.8 cm³/mol. The zero-order chi connectivity index (χ0) is 14.7. The maximum atomic E-state index is 9.33. The van der Waals surface area contributed by atoms with Crippen LogP contribution in [0.4, 0.5) is 5.69 Å². The molecule has 5 heteroatoms. The number of benzene rings is 2. The molecule has 0 bridgehead atoms. The minimum absolute atomic E-state index is 0.0218. The van der Waals surface area contributed by atoms with Crippen molar-refractivity contribution in [2.45, 2.75) is 13.2 Å². The Hall–Kier alpha value is -1.72. The molecule has 21 heavy (non-hydrogen) atoms. The molecule has 0 atom stereocenters. The molecule has 0 amide bonds. The molecular formula is C16H16BrNO3. The Morgan fingerprint density at radius 1 is 1.14 bits per heavy atom. The summed E-state index contributed by atoms with van der Waals surface area (Å²) in [6.45, 7) is 1.82. The number of anilines is 1. The van der Waals surface area contributed by atoms with Crippen LogP contribution in [-0.2, 0) is 13.2 Å². The average Bonchev–Trinajstić information content (AvgIpc) is 2.53. The lowest BCUT2D eigenvalue weighted by molar-refractivity contribution is 0.170. The molecule has 2 aromatic carbocycles. The van der Waals surface area contributed by atoms with Gasteiger partial charge < -0.3 is 19.9 Å². The molecule has 0 radical (unpaired) electrons. The van der Waals surface area contributed by atoms with Crippen molar-refractivity contribution >= 4 is 21.6 Å². The zero-order valence-corrected chi connectivity index (χ0v) is 13.0. The number of hydrogen-bond acceptors (Lipinski definition) is 4. The fourth-order valence-corrected chi connectivity index (χ4v) is 2.90. The number of ether oxygens (including phenoxy) is 2. The summed E-state index contributed by atoms with van der Waals surface area (Å²) in [6.07, 6.45) is 0. The van der Waals surface area contributed by atoms with Crippen LogP contribution >= 0.6 is 15.9 Å². The van der Waals surface area contributed by atoms with Crippen molar-refractivity contribution in [2.75, 3.05) is 18.5 Å². The smallest absolute Gasteiger partial charge is 0.175 e. The van der Waals surface area contributed by atoms with E-state index < -0.39 is 0 Å². The zero-order valence-electron chi connectivity index (χ0n) is 11.4. The van der Waals surface area contributed by atoms with Crippen LogP contribution in [0.15, 0.2) is 40.9 Å². The van der Waals surface area contributed by atoms with E-state index in [9.17, 15) is 5.11 Å². The lowest BCUT2D eigenvalue weighted by atomic mass is 10.1. The van der Waals surface area contributed by atoms with Crippen LogP contribution < -0.4 is 14.8 Å². The molecule has 0 saturated carbocycles. The molecule has 0 unspecified atom stereocenters. The Labute approximate surface area is 131 Å². The summed E-state index contributed by atoms with van der Waals surface area (Å²) in [5.41, 5.74) is 2.90. The van der Waals surface area contributed by atoms with Crippen molar-refractivity contribution in [1.29, 1.82) is 0 Å². The van der Waals surface area contributed by atoms with Gasteiger partial charge in [0.05, 0.1) is 11.1 Å². The standard InChI is InChI=1S/C16H16BrNO3/c17-13-7-11(8-15-16(13)21-6-5-20-15)9-18-14-4-2-1-3-12(14)10-19/h1-4,7-8,18-19H,5-6,9-10H2. The summed E-state index contributed by atoms with van der Waals surface area (Å²) in [5.74, 6) is 1.53. The molecule has 0 aliphatic carbocycles. The SMILES string of the molecule is OCc1ccccc1NCc1cc(Br)c2c(c1)OCCO2. The normalized spacial score (nSPS) is 13.0.